The first-order valence-corrected chi connectivity index (χ1v) is 6.96. The topological polar surface area (TPSA) is 34.1 Å². The Morgan fingerprint density at radius 3 is 2.75 bits per heavy atom. The van der Waals surface area contributed by atoms with Crippen LogP contribution < -0.4 is 0 Å². The molecule has 0 aliphatic heterocycles. The van der Waals surface area contributed by atoms with Crippen molar-refractivity contribution in [1.29, 1.82) is 0 Å². The van der Waals surface area contributed by atoms with Crippen molar-refractivity contribution in [3.8, 4) is 0 Å². The molecule has 0 atom stereocenters. The van der Waals surface area contributed by atoms with Gasteiger partial charge in [-0.1, -0.05) is 35.9 Å². The highest BCUT2D eigenvalue weighted by Crippen LogP contribution is 2.12. The fourth-order valence-corrected chi connectivity index (χ4v) is 2.01. The van der Waals surface area contributed by atoms with E-state index in [4.69, 9.17) is 11.6 Å². The lowest BCUT2D eigenvalue weighted by atomic mass is 10.2. The van der Waals surface area contributed by atoms with Gasteiger partial charge in [-0.05, 0) is 37.0 Å². The lowest BCUT2D eigenvalue weighted by Gasteiger charge is -1.94. The minimum Gasteiger partial charge on any atom is -0.232 e. The highest BCUT2D eigenvalue weighted by atomic mass is 35.5. The largest absolute Gasteiger partial charge is 0.232 e. The van der Waals surface area contributed by atoms with E-state index in [1.54, 1.807) is 0 Å². The van der Waals surface area contributed by atoms with Gasteiger partial charge in [0.05, 0.1) is 0 Å². The van der Waals surface area contributed by atoms with Gasteiger partial charge in [0.15, 0.2) is 0 Å². The van der Waals surface area contributed by atoms with Crippen LogP contribution in [0.5, 0.6) is 0 Å². The van der Waals surface area contributed by atoms with E-state index in [2.05, 4.69) is 0 Å². The number of hydrogen-bond donors (Lipinski definition) is 1. The Labute approximate surface area is 103 Å². The van der Waals surface area contributed by atoms with Gasteiger partial charge in [-0.15, -0.1) is 0 Å². The van der Waals surface area contributed by atoms with E-state index in [-0.39, 0.29) is 0 Å². The SMILES string of the molecule is O=[SH](=O)CCCCC=Cc1cccc(Cl)c1. The van der Waals surface area contributed by atoms with Crippen molar-refractivity contribution < 1.29 is 8.42 Å². The summed E-state index contributed by atoms with van der Waals surface area (Å²) in [5, 5.41) is 0.727. The number of rotatable bonds is 6. The van der Waals surface area contributed by atoms with E-state index >= 15 is 0 Å². The van der Waals surface area contributed by atoms with Crippen molar-refractivity contribution in [3.05, 3.63) is 40.9 Å². The van der Waals surface area contributed by atoms with Crippen molar-refractivity contribution in [1.82, 2.24) is 0 Å². The molecule has 0 saturated carbocycles. The summed E-state index contributed by atoms with van der Waals surface area (Å²) in [6.07, 6.45) is 6.58. The molecule has 2 nitrogen and oxygen atoms in total. The van der Waals surface area contributed by atoms with Crippen LogP contribution in [0.2, 0.25) is 5.02 Å². The smallest absolute Gasteiger partial charge is 0.140 e. The third-order valence-corrected chi connectivity index (χ3v) is 3.04. The highest BCUT2D eigenvalue weighted by Gasteiger charge is 1.90. The summed E-state index contributed by atoms with van der Waals surface area (Å²) in [5.41, 5.74) is 1.07. The van der Waals surface area contributed by atoms with E-state index in [1.807, 2.05) is 36.4 Å². The molecule has 1 aromatic carbocycles. The molecular formula is C12H15ClO2S. The Balaban J connectivity index is 2.27. The second kappa shape index (κ2) is 7.47. The van der Waals surface area contributed by atoms with Crippen molar-refractivity contribution in [3.63, 3.8) is 0 Å². The van der Waals surface area contributed by atoms with Crippen LogP contribution in [0.25, 0.3) is 6.08 Å². The predicted octanol–water partition coefficient (Wildman–Crippen LogP) is 3.13. The van der Waals surface area contributed by atoms with E-state index in [0.717, 1.165) is 29.8 Å². The van der Waals surface area contributed by atoms with Crippen molar-refractivity contribution >= 4 is 28.4 Å². The van der Waals surface area contributed by atoms with Crippen LogP contribution in [0.4, 0.5) is 0 Å². The van der Waals surface area contributed by atoms with Crippen LogP contribution in [0, 0.1) is 0 Å². The molecule has 4 heteroatoms. The van der Waals surface area contributed by atoms with Gasteiger partial charge in [-0.2, -0.15) is 0 Å². The van der Waals surface area contributed by atoms with E-state index in [1.165, 1.54) is 0 Å². The molecule has 0 bridgehead atoms. The van der Waals surface area contributed by atoms with Crippen molar-refractivity contribution in [2.45, 2.75) is 19.3 Å². The zero-order chi connectivity index (χ0) is 11.8. The van der Waals surface area contributed by atoms with Crippen LogP contribution in [-0.2, 0) is 10.7 Å². The molecular weight excluding hydrogens is 244 g/mol. The van der Waals surface area contributed by atoms with Crippen molar-refractivity contribution in [2.24, 2.45) is 0 Å². The van der Waals surface area contributed by atoms with Crippen LogP contribution in [0.15, 0.2) is 30.3 Å². The summed E-state index contributed by atoms with van der Waals surface area (Å²) >= 11 is 5.84. The Morgan fingerprint density at radius 1 is 1.25 bits per heavy atom. The Bertz CT molecular complexity index is 417. The molecule has 0 aromatic heterocycles. The number of thiol groups is 1. The number of benzene rings is 1. The Kier molecular flexibility index (Phi) is 6.19. The normalized spacial score (nSPS) is 11.4. The minimum atomic E-state index is -2.21. The lowest BCUT2D eigenvalue weighted by Crippen LogP contribution is -1.86. The molecule has 0 radical (unpaired) electrons. The maximum atomic E-state index is 10.3. The number of hydrogen-bond acceptors (Lipinski definition) is 2. The molecule has 1 rings (SSSR count). The summed E-state index contributed by atoms with van der Waals surface area (Å²) in [6, 6.07) is 7.62. The summed E-state index contributed by atoms with van der Waals surface area (Å²) in [6.45, 7) is 0. The number of allylic oxidation sites excluding steroid dienone is 1. The fraction of sp³-hybridized carbons (Fsp3) is 0.333. The summed E-state index contributed by atoms with van der Waals surface area (Å²) in [7, 11) is -2.21. The van der Waals surface area contributed by atoms with Gasteiger partial charge in [0.25, 0.3) is 0 Å². The molecule has 0 unspecified atom stereocenters. The molecule has 0 aliphatic rings. The van der Waals surface area contributed by atoms with Gasteiger partial charge < -0.3 is 0 Å². The van der Waals surface area contributed by atoms with E-state index in [0.29, 0.717) is 5.75 Å². The first-order valence-electron chi connectivity index (χ1n) is 5.22. The Hall–Kier alpha value is -0.800. The van der Waals surface area contributed by atoms with E-state index < -0.39 is 10.7 Å². The molecule has 0 fully saturated rings. The minimum absolute atomic E-state index is 0.292. The van der Waals surface area contributed by atoms with E-state index in [9.17, 15) is 8.42 Å². The monoisotopic (exact) mass is 258 g/mol. The first kappa shape index (κ1) is 13.3. The summed E-state index contributed by atoms with van der Waals surface area (Å²) in [5.74, 6) is 0.292. The molecule has 0 saturated heterocycles. The van der Waals surface area contributed by atoms with Gasteiger partial charge in [0.2, 0.25) is 0 Å². The molecule has 0 aliphatic carbocycles. The molecule has 0 spiro atoms. The average molecular weight is 259 g/mol. The van der Waals surface area contributed by atoms with Crippen LogP contribution in [0.1, 0.15) is 24.8 Å². The first-order chi connectivity index (χ1) is 7.68. The van der Waals surface area contributed by atoms with Gasteiger partial charge in [-0.3, -0.25) is 0 Å². The van der Waals surface area contributed by atoms with Gasteiger partial charge in [0.1, 0.15) is 10.7 Å². The predicted molar refractivity (Wildman–Crippen MR) is 69.5 cm³/mol. The van der Waals surface area contributed by atoms with Gasteiger partial charge in [-0.25, -0.2) is 8.42 Å². The zero-order valence-electron chi connectivity index (χ0n) is 8.93. The Morgan fingerprint density at radius 2 is 2.06 bits per heavy atom. The number of halogens is 1. The maximum absolute atomic E-state index is 10.3. The summed E-state index contributed by atoms with van der Waals surface area (Å²) in [4.78, 5) is 0. The third kappa shape index (κ3) is 5.93. The standard InChI is InChI=1S/C12H15ClO2S/c13-12-8-5-7-11(10-12)6-3-1-2-4-9-16(14)15/h3,5-8,10,16H,1-2,4,9H2. The maximum Gasteiger partial charge on any atom is 0.140 e. The fourth-order valence-electron chi connectivity index (χ4n) is 1.33. The molecule has 0 amide bonds. The quantitative estimate of drug-likeness (QED) is 0.628. The third-order valence-electron chi connectivity index (χ3n) is 2.12. The molecule has 1 aromatic rings. The van der Waals surface area contributed by atoms with Gasteiger partial charge >= 0.3 is 0 Å². The van der Waals surface area contributed by atoms with Crippen LogP contribution >= 0.6 is 11.6 Å². The van der Waals surface area contributed by atoms with Crippen molar-refractivity contribution in [2.75, 3.05) is 5.75 Å². The molecule has 0 heterocycles. The summed E-state index contributed by atoms with van der Waals surface area (Å²) < 4.78 is 20.6. The molecule has 88 valence electrons. The highest BCUT2D eigenvalue weighted by molar-refractivity contribution is 7.72. The van der Waals surface area contributed by atoms with Gasteiger partial charge in [0, 0.05) is 10.8 Å². The molecule has 16 heavy (non-hydrogen) atoms. The number of unbranched alkanes of at least 4 members (excludes halogenated alkanes) is 2. The van der Waals surface area contributed by atoms with Crippen LogP contribution in [0.3, 0.4) is 0 Å². The lowest BCUT2D eigenvalue weighted by molar-refractivity contribution is 0.610. The average Bonchev–Trinajstić information content (AvgIpc) is 2.23. The zero-order valence-corrected chi connectivity index (χ0v) is 10.6. The second-order valence-corrected chi connectivity index (χ2v) is 5.06. The van der Waals surface area contributed by atoms with Crippen LogP contribution in [-0.4, -0.2) is 14.2 Å². The molecule has 0 N–H and O–H groups in total. The second-order valence-electron chi connectivity index (χ2n) is 3.51.